The number of esters is 1. The fraction of sp³-hybridized carbons (Fsp3) is 0.536. The lowest BCUT2D eigenvalue weighted by Crippen LogP contribution is -2.54. The van der Waals surface area contributed by atoms with E-state index in [0.29, 0.717) is 83.0 Å². The average molecular weight is 948 g/mol. The number of ether oxygens (including phenoxy) is 1. The van der Waals surface area contributed by atoms with Gasteiger partial charge in [0.1, 0.15) is 17.9 Å². The van der Waals surface area contributed by atoms with E-state index in [9.17, 15) is 33.2 Å². The minimum absolute atomic E-state index is 0.0154. The number of aryl methyl sites for hydroxylation is 1. The highest BCUT2D eigenvalue weighted by molar-refractivity contribution is 5.99. The van der Waals surface area contributed by atoms with Crippen LogP contribution in [-0.4, -0.2) is 83.5 Å². The average Bonchev–Trinajstić information content (AvgIpc) is 4.16. The molecule has 0 unspecified atom stereocenters. The van der Waals surface area contributed by atoms with E-state index in [1.54, 1.807) is 9.80 Å². The fourth-order valence-electron chi connectivity index (χ4n) is 10.5. The molecular weight excluding hydrogens is 874 g/mol. The zero-order valence-corrected chi connectivity index (χ0v) is 41.6. The van der Waals surface area contributed by atoms with Crippen LogP contribution in [0.3, 0.4) is 0 Å². The van der Waals surface area contributed by atoms with Crippen molar-refractivity contribution in [3.05, 3.63) is 107 Å². The van der Waals surface area contributed by atoms with Crippen molar-refractivity contribution in [2.75, 3.05) is 30.4 Å². The topological polar surface area (TPSA) is 145 Å². The number of halogens is 1. The van der Waals surface area contributed by atoms with Crippen molar-refractivity contribution in [3.8, 4) is 0 Å². The van der Waals surface area contributed by atoms with Crippen LogP contribution in [0.5, 0.6) is 0 Å². The summed E-state index contributed by atoms with van der Waals surface area (Å²) in [4.78, 5) is 85.1. The lowest BCUT2D eigenvalue weighted by Gasteiger charge is -2.33. The van der Waals surface area contributed by atoms with E-state index in [2.05, 4.69) is 39.8 Å². The molecule has 3 aromatic carbocycles. The van der Waals surface area contributed by atoms with Gasteiger partial charge < -0.3 is 30.1 Å². The third kappa shape index (κ3) is 13.3. The van der Waals surface area contributed by atoms with Gasteiger partial charge in [0.25, 0.3) is 0 Å². The molecule has 0 spiro atoms. The molecule has 3 aromatic rings. The second kappa shape index (κ2) is 25.1. The third-order valence-electron chi connectivity index (χ3n) is 14.7. The summed E-state index contributed by atoms with van der Waals surface area (Å²) in [6, 6.07) is 21.3. The van der Waals surface area contributed by atoms with Crippen molar-refractivity contribution in [3.63, 3.8) is 0 Å². The molecule has 6 rings (SSSR count). The molecule has 0 radical (unpaired) electrons. The van der Waals surface area contributed by atoms with Crippen molar-refractivity contribution >= 4 is 46.8 Å². The Morgan fingerprint density at radius 2 is 1.38 bits per heavy atom. The second-order valence-electron chi connectivity index (χ2n) is 19.3. The highest BCUT2D eigenvalue weighted by atomic mass is 19.1. The maximum absolute atomic E-state index is 14.3. The van der Waals surface area contributed by atoms with E-state index in [0.717, 1.165) is 53.6 Å². The Labute approximate surface area is 408 Å². The molecule has 4 amide bonds. The van der Waals surface area contributed by atoms with Gasteiger partial charge in [0.05, 0.1) is 31.2 Å². The third-order valence-corrected chi connectivity index (χ3v) is 14.7. The van der Waals surface area contributed by atoms with Gasteiger partial charge in [-0.2, -0.15) is 0 Å². The summed E-state index contributed by atoms with van der Waals surface area (Å²) < 4.78 is 19.0. The van der Waals surface area contributed by atoms with E-state index < -0.39 is 18.1 Å². The smallest absolute Gasteiger partial charge is 0.305 e. The number of hydrogen-bond donors (Lipinski definition) is 2. The molecule has 0 bridgehead atoms. The van der Waals surface area contributed by atoms with Crippen molar-refractivity contribution in [2.45, 2.75) is 161 Å². The minimum Gasteiger partial charge on any atom is -0.469 e. The Hall–Kier alpha value is -5.85. The van der Waals surface area contributed by atoms with Crippen molar-refractivity contribution in [2.24, 2.45) is 11.8 Å². The predicted octanol–water partition coefficient (Wildman–Crippen LogP) is 9.98. The van der Waals surface area contributed by atoms with Crippen LogP contribution < -0.4 is 15.5 Å². The van der Waals surface area contributed by atoms with E-state index in [4.69, 9.17) is 4.74 Å². The number of amides is 4. The zero-order valence-electron chi connectivity index (χ0n) is 41.6. The first kappa shape index (κ1) is 52.5. The van der Waals surface area contributed by atoms with Crippen LogP contribution in [0.15, 0.2) is 84.4 Å². The molecule has 69 heavy (non-hydrogen) atoms. The molecular formula is C56H74FN5O7. The number of benzene rings is 3. The van der Waals surface area contributed by atoms with Gasteiger partial charge in [-0.1, -0.05) is 75.2 Å². The summed E-state index contributed by atoms with van der Waals surface area (Å²) >= 11 is 0. The number of hydrogen-bond acceptors (Lipinski definition) is 8. The molecule has 0 aliphatic carbocycles. The van der Waals surface area contributed by atoms with Gasteiger partial charge >= 0.3 is 5.97 Å². The number of carbonyl (C=O) groups excluding carboxylic acids is 6. The van der Waals surface area contributed by atoms with E-state index in [1.165, 1.54) is 19.2 Å². The fourth-order valence-corrected chi connectivity index (χ4v) is 10.5. The molecule has 7 atom stereocenters. The number of anilines is 2. The van der Waals surface area contributed by atoms with Gasteiger partial charge in [-0.05, 0) is 143 Å². The van der Waals surface area contributed by atoms with Crippen molar-refractivity contribution < 1.29 is 37.9 Å². The van der Waals surface area contributed by atoms with Crippen LogP contribution in [0.1, 0.15) is 153 Å². The van der Waals surface area contributed by atoms with Gasteiger partial charge in [-0.3, -0.25) is 28.8 Å². The predicted molar refractivity (Wildman–Crippen MR) is 268 cm³/mol. The van der Waals surface area contributed by atoms with Crippen molar-refractivity contribution in [1.82, 2.24) is 15.1 Å². The molecule has 12 nitrogen and oxygen atoms in total. The normalized spacial score (nSPS) is 20.6. The number of methoxy groups -OCH3 is 1. The lowest BCUT2D eigenvalue weighted by molar-refractivity contribution is -0.142. The number of carbonyl (C=O) groups is 6. The Bertz CT molecular complexity index is 2260. The van der Waals surface area contributed by atoms with Gasteiger partial charge in [0.15, 0.2) is 5.78 Å². The number of Topliss-reactive ketones (excluding diaryl/α,β-unsaturated/α-hetero) is 1. The van der Waals surface area contributed by atoms with Crippen LogP contribution in [0.2, 0.25) is 0 Å². The number of ketones is 1. The van der Waals surface area contributed by atoms with Crippen LogP contribution in [-0.2, 0) is 39.9 Å². The van der Waals surface area contributed by atoms with Gasteiger partial charge in [0, 0.05) is 43.7 Å². The second-order valence-corrected chi connectivity index (χ2v) is 19.3. The van der Waals surface area contributed by atoms with E-state index >= 15 is 0 Å². The summed E-state index contributed by atoms with van der Waals surface area (Å²) in [6.07, 6.45) is 11.2. The van der Waals surface area contributed by atoms with Crippen LogP contribution in [0.4, 0.5) is 15.8 Å². The number of allylic oxidation sites excluding steroid dienone is 1. The van der Waals surface area contributed by atoms with Gasteiger partial charge in [-0.25, -0.2) is 4.39 Å². The van der Waals surface area contributed by atoms with E-state index in [-0.39, 0.29) is 71.5 Å². The molecule has 372 valence electrons. The quantitative estimate of drug-likeness (QED) is 0.0748. The SMILES string of the molecule is C/C=C(\C)[C@@H](CCCC(=O)OC)C(=O)N1CCC[C@H]1C(=O)CCCc1ccc([C@@H]2CC[C@H](c3ccc(NC(=O)[C@H]4CCCN4C(=O)[C@@H](NC(=O)CCC)[C@H](C)CC)cc3)N2c2ccc(F)cc2)cc1. The minimum atomic E-state index is -0.680. The van der Waals surface area contributed by atoms with E-state index in [1.807, 2.05) is 77.1 Å². The highest BCUT2D eigenvalue weighted by Crippen LogP contribution is 2.47. The first-order valence-electron chi connectivity index (χ1n) is 25.4. The number of rotatable bonds is 22. The summed E-state index contributed by atoms with van der Waals surface area (Å²) in [5, 5.41) is 6.00. The summed E-state index contributed by atoms with van der Waals surface area (Å²) in [6.45, 7) is 10.7. The monoisotopic (exact) mass is 948 g/mol. The maximum Gasteiger partial charge on any atom is 0.305 e. The largest absolute Gasteiger partial charge is 0.469 e. The van der Waals surface area contributed by atoms with Crippen LogP contribution in [0, 0.1) is 17.7 Å². The zero-order chi connectivity index (χ0) is 49.6. The molecule has 0 aromatic heterocycles. The molecule has 0 saturated carbocycles. The van der Waals surface area contributed by atoms with Crippen LogP contribution >= 0.6 is 0 Å². The van der Waals surface area contributed by atoms with Crippen LogP contribution in [0.25, 0.3) is 0 Å². The highest BCUT2D eigenvalue weighted by Gasteiger charge is 2.40. The number of nitrogens with one attached hydrogen (secondary N) is 2. The summed E-state index contributed by atoms with van der Waals surface area (Å²) in [7, 11) is 1.36. The summed E-state index contributed by atoms with van der Waals surface area (Å²) in [5.74, 6) is -1.58. The Balaban J connectivity index is 1.07. The lowest BCUT2D eigenvalue weighted by atomic mass is 9.91. The molecule has 13 heteroatoms. The molecule has 3 saturated heterocycles. The first-order chi connectivity index (χ1) is 33.3. The molecule has 2 N–H and O–H groups in total. The summed E-state index contributed by atoms with van der Waals surface area (Å²) in [5.41, 5.74) is 5.81. The first-order valence-corrected chi connectivity index (χ1v) is 25.4. The Kier molecular flexibility index (Phi) is 19.1. The molecule has 3 aliphatic rings. The van der Waals surface area contributed by atoms with Gasteiger partial charge in [-0.15, -0.1) is 0 Å². The molecule has 3 aliphatic heterocycles. The standard InChI is InChI=1S/C56H74FN5O7/c1-7-14-51(64)59-53(38(5)9-3)56(68)61-36-13-18-49(61)54(66)58-43-29-25-41(26-30-43)47-34-33-46(62(47)44-31-27-42(57)28-32-44)40-23-21-39(22-24-40)15-10-19-50(63)48-17-12-35-60(48)55(67)45(37(4)8-2)16-11-20-52(65)69-6/h8,21-32,38,45-49,53H,7,9-20,33-36H2,1-6H3,(H,58,66)(H,59,64)/b37-8+/t38-,45-,46+,47-,48+,49-,53+/m1/s1. The number of likely N-dealkylation sites (tertiary alicyclic amines) is 2. The molecule has 3 heterocycles. The van der Waals surface area contributed by atoms with Gasteiger partial charge in [0.2, 0.25) is 23.6 Å². The van der Waals surface area contributed by atoms with Crippen molar-refractivity contribution in [1.29, 1.82) is 0 Å². The maximum atomic E-state index is 14.3. The molecule has 3 fully saturated rings. The Morgan fingerprint density at radius 3 is 1.97 bits per heavy atom. The Morgan fingerprint density at radius 1 is 0.768 bits per heavy atom. The number of nitrogens with zero attached hydrogens (tertiary/aromatic N) is 3.